The minimum absolute atomic E-state index is 0.0372. The molecule has 0 radical (unpaired) electrons. The average Bonchev–Trinajstić information content (AvgIpc) is 3.75. The van der Waals surface area contributed by atoms with Crippen molar-refractivity contribution in [1.29, 1.82) is 0 Å². The first-order valence-corrected chi connectivity index (χ1v) is 15.4. The lowest BCUT2D eigenvalue weighted by atomic mass is 9.97. The van der Waals surface area contributed by atoms with E-state index in [1.54, 1.807) is 6.92 Å². The third-order valence-corrected chi connectivity index (χ3v) is 9.70. The van der Waals surface area contributed by atoms with Crippen LogP contribution in [-0.2, 0) is 16.0 Å². The van der Waals surface area contributed by atoms with Crippen LogP contribution in [0.2, 0.25) is 5.02 Å². The number of nitrogens with zero attached hydrogens (tertiary/aromatic N) is 1. The van der Waals surface area contributed by atoms with Crippen molar-refractivity contribution < 1.29 is 14.3 Å². The number of aromatic nitrogens is 1. The lowest BCUT2D eigenvalue weighted by molar-refractivity contribution is -0.141. The number of fused-ring (bicyclic) bond motifs is 1. The highest BCUT2D eigenvalue weighted by Crippen LogP contribution is 2.53. The van der Waals surface area contributed by atoms with Gasteiger partial charge in [-0.05, 0) is 79.0 Å². The van der Waals surface area contributed by atoms with E-state index in [1.165, 1.54) is 12.7 Å². The fourth-order valence-corrected chi connectivity index (χ4v) is 6.90. The zero-order chi connectivity index (χ0) is 28.8. The van der Waals surface area contributed by atoms with Crippen molar-refractivity contribution in [3.05, 3.63) is 112 Å². The maximum Gasteiger partial charge on any atom is 0.306 e. The van der Waals surface area contributed by atoms with Crippen molar-refractivity contribution in [3.8, 4) is 0 Å². The molecule has 4 nitrogen and oxygen atoms in total. The highest BCUT2D eigenvalue weighted by atomic mass is 35.5. The number of aryl methyl sites for hydroxylation is 1. The lowest BCUT2D eigenvalue weighted by Crippen LogP contribution is -2.14. The molecule has 4 aromatic rings. The molecule has 3 aromatic carbocycles. The molecular weight excluding hydrogens is 550 g/mol. The van der Waals surface area contributed by atoms with E-state index in [4.69, 9.17) is 21.3 Å². The Kier molecular flexibility index (Phi) is 9.26. The normalized spacial score (nSPS) is 14.7. The number of hydrogen-bond donors (Lipinski definition) is 0. The van der Waals surface area contributed by atoms with Gasteiger partial charge < -0.3 is 4.74 Å². The van der Waals surface area contributed by atoms with Crippen LogP contribution in [0.3, 0.4) is 0 Å². The van der Waals surface area contributed by atoms with Crippen molar-refractivity contribution in [2.24, 2.45) is 5.41 Å². The molecule has 1 saturated carbocycles. The predicted molar refractivity (Wildman–Crippen MR) is 170 cm³/mol. The fraction of sp³-hybridized carbons (Fsp3) is 0.286. The number of Topliss-reactive ketones (excluding diaryl/α,β-unsaturated/α-hetero) is 1. The van der Waals surface area contributed by atoms with Crippen LogP contribution < -0.4 is 0 Å². The number of hydrogen-bond acceptors (Lipinski definition) is 5. The van der Waals surface area contributed by atoms with Crippen molar-refractivity contribution in [3.63, 3.8) is 0 Å². The first-order chi connectivity index (χ1) is 19.8. The Morgan fingerprint density at radius 2 is 1.83 bits per heavy atom. The second kappa shape index (κ2) is 13.1. The molecule has 41 heavy (non-hydrogen) atoms. The molecule has 0 N–H and O–H groups in total. The predicted octanol–water partition coefficient (Wildman–Crippen LogP) is 9.01. The Labute approximate surface area is 251 Å². The van der Waals surface area contributed by atoms with E-state index in [2.05, 4.69) is 42.5 Å². The highest BCUT2D eigenvalue weighted by molar-refractivity contribution is 7.99. The summed E-state index contributed by atoms with van der Waals surface area (Å²) in [4.78, 5) is 29.0. The number of pyridine rings is 1. The molecule has 0 saturated heterocycles. The lowest BCUT2D eigenvalue weighted by Gasteiger charge is -2.22. The van der Waals surface area contributed by atoms with Crippen LogP contribution in [0.25, 0.3) is 23.1 Å². The number of halogens is 1. The molecule has 0 amide bonds. The van der Waals surface area contributed by atoms with E-state index >= 15 is 0 Å². The van der Waals surface area contributed by atoms with Gasteiger partial charge in [0.2, 0.25) is 0 Å². The molecule has 1 aliphatic carbocycles. The van der Waals surface area contributed by atoms with Crippen molar-refractivity contribution in [1.82, 2.24) is 4.98 Å². The van der Waals surface area contributed by atoms with Gasteiger partial charge in [0.25, 0.3) is 0 Å². The Hall–Kier alpha value is -3.41. The molecule has 0 bridgehead atoms. The van der Waals surface area contributed by atoms with Crippen molar-refractivity contribution in [2.75, 3.05) is 12.9 Å². The Morgan fingerprint density at radius 1 is 1.02 bits per heavy atom. The van der Waals surface area contributed by atoms with Crippen LogP contribution in [0, 0.1) is 5.41 Å². The van der Waals surface area contributed by atoms with E-state index in [1.807, 2.05) is 60.3 Å². The third kappa shape index (κ3) is 7.66. The molecule has 0 spiro atoms. The standard InChI is InChI=1S/C35H34ClNO3S/c1-24(38)31-9-4-3-7-26(31)13-17-33(41-23-35(18-19-35)22-34(39)40-2)28-8-5-6-25(20-28)10-15-30-16-12-27-11-14-29(36)21-32(27)37-30/h3-12,14-16,20-21,33H,13,17-19,22-23H2,1-2H3/b15-10+/t33-/m1/s1. The number of ketones is 1. The van der Waals surface area contributed by atoms with Gasteiger partial charge in [0.05, 0.1) is 24.7 Å². The second-order valence-electron chi connectivity index (χ2n) is 10.9. The van der Waals surface area contributed by atoms with Crippen LogP contribution in [-0.4, -0.2) is 29.6 Å². The summed E-state index contributed by atoms with van der Waals surface area (Å²) in [6.45, 7) is 1.63. The zero-order valence-electron chi connectivity index (χ0n) is 23.4. The fourth-order valence-electron chi connectivity index (χ4n) is 5.16. The Bertz CT molecular complexity index is 1590. The van der Waals surface area contributed by atoms with Gasteiger partial charge >= 0.3 is 5.97 Å². The minimum atomic E-state index is -0.133. The van der Waals surface area contributed by atoms with Gasteiger partial charge in [0, 0.05) is 27.0 Å². The summed E-state index contributed by atoms with van der Waals surface area (Å²) in [5.41, 5.74) is 5.99. The van der Waals surface area contributed by atoms with Gasteiger partial charge in [0.1, 0.15) is 0 Å². The van der Waals surface area contributed by atoms with Gasteiger partial charge in [-0.2, -0.15) is 11.8 Å². The SMILES string of the molecule is COC(=O)CC1(CS[C@H](CCc2ccccc2C(C)=O)c2cccc(/C=C/c3ccc4ccc(Cl)cc4n3)c2)CC1. The summed E-state index contributed by atoms with van der Waals surface area (Å²) in [6.07, 6.45) is 8.41. The molecule has 1 aromatic heterocycles. The number of methoxy groups -OCH3 is 1. The molecular formula is C35H34ClNO3S. The van der Waals surface area contributed by atoms with E-state index in [0.717, 1.165) is 64.7 Å². The highest BCUT2D eigenvalue weighted by Gasteiger charge is 2.45. The number of carbonyl (C=O) groups excluding carboxylic acids is 2. The van der Waals surface area contributed by atoms with Gasteiger partial charge in [-0.3, -0.25) is 9.59 Å². The van der Waals surface area contributed by atoms with E-state index in [-0.39, 0.29) is 22.4 Å². The number of rotatable bonds is 12. The van der Waals surface area contributed by atoms with Gasteiger partial charge in [-0.25, -0.2) is 4.98 Å². The summed E-state index contributed by atoms with van der Waals surface area (Å²) in [7, 11) is 1.46. The Balaban J connectivity index is 1.36. The van der Waals surface area contributed by atoms with Gasteiger partial charge in [0.15, 0.2) is 5.78 Å². The number of thioether (sulfide) groups is 1. The van der Waals surface area contributed by atoms with E-state index in [0.29, 0.717) is 11.4 Å². The maximum absolute atomic E-state index is 12.2. The molecule has 1 aliphatic rings. The first kappa shape index (κ1) is 29.1. The average molecular weight is 584 g/mol. The second-order valence-corrected chi connectivity index (χ2v) is 12.5. The van der Waals surface area contributed by atoms with Crippen LogP contribution in [0.5, 0.6) is 0 Å². The largest absolute Gasteiger partial charge is 0.469 e. The molecule has 0 unspecified atom stereocenters. The smallest absolute Gasteiger partial charge is 0.306 e. The molecule has 0 aliphatic heterocycles. The summed E-state index contributed by atoms with van der Waals surface area (Å²) in [6, 6.07) is 26.3. The number of carbonyl (C=O) groups is 2. The van der Waals surface area contributed by atoms with Crippen LogP contribution in [0.1, 0.15) is 70.6 Å². The number of esters is 1. The monoisotopic (exact) mass is 583 g/mol. The summed E-state index contributed by atoms with van der Waals surface area (Å²) < 4.78 is 4.97. The summed E-state index contributed by atoms with van der Waals surface area (Å²) in [5.74, 6) is 0.869. The molecule has 6 heteroatoms. The van der Waals surface area contributed by atoms with Crippen LogP contribution >= 0.6 is 23.4 Å². The quantitative estimate of drug-likeness (QED) is 0.123. The van der Waals surface area contributed by atoms with Gasteiger partial charge in [-0.15, -0.1) is 0 Å². The first-order valence-electron chi connectivity index (χ1n) is 14.0. The molecule has 1 heterocycles. The van der Waals surface area contributed by atoms with Gasteiger partial charge in [-0.1, -0.05) is 78.3 Å². The summed E-state index contributed by atoms with van der Waals surface area (Å²) >= 11 is 8.08. The summed E-state index contributed by atoms with van der Waals surface area (Å²) in [5, 5.41) is 1.95. The maximum atomic E-state index is 12.2. The Morgan fingerprint density at radius 3 is 2.61 bits per heavy atom. The third-order valence-electron chi connectivity index (χ3n) is 7.77. The number of ether oxygens (including phenoxy) is 1. The number of benzene rings is 3. The molecule has 1 atom stereocenters. The molecule has 1 fully saturated rings. The van der Waals surface area contributed by atoms with E-state index in [9.17, 15) is 9.59 Å². The van der Waals surface area contributed by atoms with Crippen LogP contribution in [0.15, 0.2) is 78.9 Å². The molecule has 5 rings (SSSR count). The van der Waals surface area contributed by atoms with Crippen LogP contribution in [0.4, 0.5) is 0 Å². The van der Waals surface area contributed by atoms with Crippen molar-refractivity contribution in [2.45, 2.75) is 44.3 Å². The zero-order valence-corrected chi connectivity index (χ0v) is 25.0. The van der Waals surface area contributed by atoms with E-state index < -0.39 is 0 Å². The minimum Gasteiger partial charge on any atom is -0.469 e. The topological polar surface area (TPSA) is 56.3 Å². The molecule has 210 valence electrons. The van der Waals surface area contributed by atoms with Crippen molar-refractivity contribution >= 4 is 58.2 Å².